The average molecular weight is 320 g/mol. The number of carbonyl (C=O) groups excluding carboxylic acids is 2. The van der Waals surface area contributed by atoms with Crippen LogP contribution in [-0.4, -0.2) is 23.8 Å². The summed E-state index contributed by atoms with van der Waals surface area (Å²) in [6, 6.07) is 0. The Balaban J connectivity index is 2.94. The van der Waals surface area contributed by atoms with Gasteiger partial charge in [0.15, 0.2) is 0 Å². The molecule has 1 heterocycles. The zero-order valence-electron chi connectivity index (χ0n) is 9.87. The zero-order chi connectivity index (χ0) is 13.0. The molecule has 0 aliphatic heterocycles. The smallest absolute Gasteiger partial charge is 0.350 e. The molecule has 1 N–H and O–H groups in total. The maximum absolute atomic E-state index is 11.8. The van der Waals surface area contributed by atoms with Gasteiger partial charge >= 0.3 is 5.97 Å². The van der Waals surface area contributed by atoms with Crippen molar-refractivity contribution in [2.24, 2.45) is 0 Å². The molecule has 0 radical (unpaired) electrons. The van der Waals surface area contributed by atoms with Gasteiger partial charge in [0.1, 0.15) is 4.88 Å². The van der Waals surface area contributed by atoms with E-state index in [1.807, 2.05) is 19.2 Å². The van der Waals surface area contributed by atoms with Gasteiger partial charge in [0.05, 0.1) is 17.6 Å². The summed E-state index contributed by atoms with van der Waals surface area (Å²) in [4.78, 5) is 23.4. The van der Waals surface area contributed by atoms with Crippen LogP contribution >= 0.6 is 27.3 Å². The monoisotopic (exact) mass is 319 g/mol. The number of thiophene rings is 1. The van der Waals surface area contributed by atoms with Crippen LogP contribution in [0.3, 0.4) is 0 Å². The molecule has 1 atom stereocenters. The number of hydrogen-bond donors (Lipinski definition) is 1. The van der Waals surface area contributed by atoms with Gasteiger partial charge in [-0.1, -0.05) is 22.9 Å². The van der Waals surface area contributed by atoms with Crippen LogP contribution in [0.25, 0.3) is 0 Å². The molecule has 1 amide bonds. The van der Waals surface area contributed by atoms with E-state index in [1.165, 1.54) is 18.4 Å². The minimum absolute atomic E-state index is 0.154. The molecule has 0 bridgehead atoms. The Labute approximate surface area is 112 Å². The van der Waals surface area contributed by atoms with E-state index in [1.54, 1.807) is 0 Å². The van der Waals surface area contributed by atoms with Crippen LogP contribution in [0.4, 0.5) is 5.69 Å². The third-order valence-corrected chi connectivity index (χ3v) is 4.38. The highest BCUT2D eigenvalue weighted by molar-refractivity contribution is 9.10. The van der Waals surface area contributed by atoms with Crippen molar-refractivity contribution < 1.29 is 14.3 Å². The highest BCUT2D eigenvalue weighted by Crippen LogP contribution is 2.28. The number of rotatable bonds is 4. The van der Waals surface area contributed by atoms with Crippen molar-refractivity contribution >= 4 is 44.8 Å². The predicted molar refractivity (Wildman–Crippen MR) is 72.0 cm³/mol. The lowest BCUT2D eigenvalue weighted by Gasteiger charge is -2.10. The summed E-state index contributed by atoms with van der Waals surface area (Å²) >= 11 is 4.53. The molecule has 0 spiro atoms. The molecule has 17 heavy (non-hydrogen) atoms. The lowest BCUT2D eigenvalue weighted by atomic mass is 10.2. The van der Waals surface area contributed by atoms with E-state index >= 15 is 0 Å². The van der Waals surface area contributed by atoms with Gasteiger partial charge in [-0.25, -0.2) is 4.79 Å². The fourth-order valence-corrected chi connectivity index (χ4v) is 2.27. The number of nitrogens with one attached hydrogen (secondary N) is 1. The van der Waals surface area contributed by atoms with Crippen molar-refractivity contribution in [3.8, 4) is 0 Å². The molecule has 0 saturated heterocycles. The van der Waals surface area contributed by atoms with E-state index < -0.39 is 5.97 Å². The molecule has 4 nitrogen and oxygen atoms in total. The summed E-state index contributed by atoms with van der Waals surface area (Å²) in [7, 11) is 1.32. The molecule has 0 aromatic carbocycles. The highest BCUT2D eigenvalue weighted by Gasteiger charge is 2.20. The van der Waals surface area contributed by atoms with E-state index in [0.717, 1.165) is 5.56 Å². The number of aryl methyl sites for hydroxylation is 1. The minimum Gasteiger partial charge on any atom is -0.465 e. The van der Waals surface area contributed by atoms with Gasteiger partial charge in [-0.2, -0.15) is 0 Å². The fourth-order valence-electron chi connectivity index (χ4n) is 1.23. The number of carbonyl (C=O) groups is 2. The Hall–Kier alpha value is -0.880. The first-order chi connectivity index (χ1) is 8.01. The molecule has 94 valence electrons. The van der Waals surface area contributed by atoms with Crippen LogP contribution < -0.4 is 5.32 Å². The summed E-state index contributed by atoms with van der Waals surface area (Å²) in [5, 5.41) is 4.57. The summed E-state index contributed by atoms with van der Waals surface area (Å²) in [5.74, 6) is -0.583. The second kappa shape index (κ2) is 6.16. The number of hydrogen-bond acceptors (Lipinski definition) is 4. The molecule has 0 aliphatic rings. The second-order valence-corrected chi connectivity index (χ2v) is 5.46. The summed E-state index contributed by atoms with van der Waals surface area (Å²) < 4.78 is 4.67. The van der Waals surface area contributed by atoms with Crippen LogP contribution in [0.15, 0.2) is 5.38 Å². The fraction of sp³-hybridized carbons (Fsp3) is 0.455. The van der Waals surface area contributed by atoms with Crippen LogP contribution in [-0.2, 0) is 9.53 Å². The van der Waals surface area contributed by atoms with Gasteiger partial charge in [0.2, 0.25) is 5.91 Å². The van der Waals surface area contributed by atoms with Crippen molar-refractivity contribution in [3.05, 3.63) is 15.8 Å². The van der Waals surface area contributed by atoms with Gasteiger partial charge < -0.3 is 10.1 Å². The average Bonchev–Trinajstić information content (AvgIpc) is 2.69. The largest absolute Gasteiger partial charge is 0.465 e. The van der Waals surface area contributed by atoms with Crippen LogP contribution in [0.2, 0.25) is 0 Å². The predicted octanol–water partition coefficient (Wildman–Crippen LogP) is 2.96. The standard InChI is InChI=1S/C11H14BrNO3S/c1-4-7(12)10(14)13-8-6(2)5-17-9(8)11(15)16-3/h5,7H,4H2,1-3H3,(H,13,14). The van der Waals surface area contributed by atoms with Crippen molar-refractivity contribution in [1.82, 2.24) is 0 Å². The van der Waals surface area contributed by atoms with Crippen molar-refractivity contribution in [3.63, 3.8) is 0 Å². The first-order valence-corrected chi connectivity index (χ1v) is 6.92. The zero-order valence-corrected chi connectivity index (χ0v) is 12.3. The molecule has 1 unspecified atom stereocenters. The third-order valence-electron chi connectivity index (χ3n) is 2.24. The molecule has 0 aliphatic carbocycles. The Kier molecular flexibility index (Phi) is 5.14. The number of methoxy groups -OCH3 is 1. The molecule has 0 fully saturated rings. The van der Waals surface area contributed by atoms with Crippen molar-refractivity contribution in [2.75, 3.05) is 12.4 Å². The van der Waals surface area contributed by atoms with Crippen molar-refractivity contribution in [2.45, 2.75) is 25.1 Å². The Morgan fingerprint density at radius 2 is 2.24 bits per heavy atom. The maximum Gasteiger partial charge on any atom is 0.350 e. The molecular formula is C11H14BrNO3S. The van der Waals surface area contributed by atoms with Crippen LogP contribution in [0.1, 0.15) is 28.6 Å². The first kappa shape index (κ1) is 14.2. The first-order valence-electron chi connectivity index (χ1n) is 5.12. The Morgan fingerprint density at radius 3 is 2.76 bits per heavy atom. The topological polar surface area (TPSA) is 55.4 Å². The number of esters is 1. The second-order valence-electron chi connectivity index (χ2n) is 3.48. The van der Waals surface area contributed by atoms with Crippen LogP contribution in [0.5, 0.6) is 0 Å². The van der Waals surface area contributed by atoms with Crippen molar-refractivity contribution in [1.29, 1.82) is 0 Å². The van der Waals surface area contributed by atoms with Gasteiger partial charge in [0, 0.05) is 0 Å². The molecule has 1 rings (SSSR count). The Morgan fingerprint density at radius 1 is 1.59 bits per heavy atom. The van der Waals surface area contributed by atoms with Crippen LogP contribution in [0, 0.1) is 6.92 Å². The van der Waals surface area contributed by atoms with E-state index in [0.29, 0.717) is 17.0 Å². The minimum atomic E-state index is -0.430. The van der Waals surface area contributed by atoms with Gasteiger partial charge in [-0.3, -0.25) is 4.79 Å². The summed E-state index contributed by atoms with van der Waals surface area (Å²) in [5.41, 5.74) is 1.41. The van der Waals surface area contributed by atoms with E-state index in [4.69, 9.17) is 0 Å². The van der Waals surface area contributed by atoms with Gasteiger partial charge in [0.25, 0.3) is 0 Å². The quantitative estimate of drug-likeness (QED) is 0.685. The molecule has 1 aromatic rings. The number of anilines is 1. The molecule has 6 heteroatoms. The number of ether oxygens (including phenoxy) is 1. The molecular weight excluding hydrogens is 306 g/mol. The van der Waals surface area contributed by atoms with Gasteiger partial charge in [-0.05, 0) is 24.3 Å². The van der Waals surface area contributed by atoms with E-state index in [9.17, 15) is 9.59 Å². The van der Waals surface area contributed by atoms with Gasteiger partial charge in [-0.15, -0.1) is 11.3 Å². The molecule has 0 saturated carbocycles. The van der Waals surface area contributed by atoms with E-state index in [2.05, 4.69) is 26.0 Å². The number of alkyl halides is 1. The number of halogens is 1. The maximum atomic E-state index is 11.8. The summed E-state index contributed by atoms with van der Waals surface area (Å²) in [6.45, 7) is 3.74. The lowest BCUT2D eigenvalue weighted by molar-refractivity contribution is -0.115. The van der Waals surface area contributed by atoms with E-state index in [-0.39, 0.29) is 10.7 Å². The summed E-state index contributed by atoms with van der Waals surface area (Å²) in [6.07, 6.45) is 0.683. The lowest BCUT2D eigenvalue weighted by Crippen LogP contribution is -2.23. The Bertz CT molecular complexity index is 430. The highest BCUT2D eigenvalue weighted by atomic mass is 79.9. The third kappa shape index (κ3) is 3.29. The molecule has 1 aromatic heterocycles. The SMILES string of the molecule is CCC(Br)C(=O)Nc1c(C)csc1C(=O)OC. The number of amides is 1. The normalized spacial score (nSPS) is 12.0.